The number of ether oxygens (including phenoxy) is 1. The molecule has 41 heavy (non-hydrogen) atoms. The summed E-state index contributed by atoms with van der Waals surface area (Å²) >= 11 is 6.01. The number of halogens is 3. The maximum Gasteiger partial charge on any atom is 0.412 e. The summed E-state index contributed by atoms with van der Waals surface area (Å²) in [6.45, 7) is 0.131. The molecule has 218 valence electrons. The number of aromatic nitrogens is 1. The van der Waals surface area contributed by atoms with E-state index in [1.165, 1.54) is 41.4 Å². The zero-order valence-electron chi connectivity index (χ0n) is 22.2. The minimum atomic E-state index is -0.943. The van der Waals surface area contributed by atoms with Crippen molar-refractivity contribution in [2.24, 2.45) is 16.5 Å². The molecule has 0 aliphatic heterocycles. The number of carbonyl (C=O) groups is 3. The number of amides is 4. The second-order valence-corrected chi connectivity index (χ2v) is 9.44. The molecule has 14 heteroatoms. The first-order chi connectivity index (χ1) is 19.5. The largest absolute Gasteiger partial charge is 0.447 e. The molecule has 1 aromatic heterocycles. The minimum absolute atomic E-state index is 0.0363. The maximum absolute atomic E-state index is 13.8. The van der Waals surface area contributed by atoms with Gasteiger partial charge in [0.05, 0.1) is 11.1 Å². The molecule has 1 atom stereocenters. The van der Waals surface area contributed by atoms with Gasteiger partial charge in [0, 0.05) is 31.6 Å². The van der Waals surface area contributed by atoms with E-state index in [0.717, 1.165) is 0 Å². The van der Waals surface area contributed by atoms with Crippen LogP contribution in [0.5, 0.6) is 0 Å². The number of pyridine rings is 1. The Morgan fingerprint density at radius 3 is 2.68 bits per heavy atom. The number of urea groups is 1. The number of nitrogens with zero attached hydrogens (tertiary/aromatic N) is 3. The Hall–Kier alpha value is -4.52. The summed E-state index contributed by atoms with van der Waals surface area (Å²) in [5.41, 5.74) is 11.0. The average Bonchev–Trinajstić information content (AvgIpc) is 2.92. The van der Waals surface area contributed by atoms with E-state index in [1.807, 2.05) is 0 Å². The van der Waals surface area contributed by atoms with Crippen LogP contribution >= 0.6 is 11.6 Å². The molecule has 6 N–H and O–H groups in total. The van der Waals surface area contributed by atoms with Gasteiger partial charge in [-0.15, -0.1) is 0 Å². The topological polar surface area (TPSA) is 165 Å². The number of hydrogen-bond acceptors (Lipinski definition) is 5. The van der Waals surface area contributed by atoms with Crippen LogP contribution in [0, 0.1) is 11.6 Å². The van der Waals surface area contributed by atoms with Crippen molar-refractivity contribution in [1.82, 2.24) is 15.2 Å². The highest BCUT2D eigenvalue weighted by atomic mass is 35.5. The molecule has 0 unspecified atom stereocenters. The molecule has 11 nitrogen and oxygen atoms in total. The van der Waals surface area contributed by atoms with Gasteiger partial charge in [-0.3, -0.25) is 10.1 Å². The minimum Gasteiger partial charge on any atom is -0.447 e. The number of anilines is 1. The number of carbonyl (C=O) groups excluding carboxylic acids is 3. The lowest BCUT2D eigenvalue weighted by molar-refractivity contribution is -0.132. The van der Waals surface area contributed by atoms with E-state index < -0.39 is 29.8 Å². The van der Waals surface area contributed by atoms with Crippen molar-refractivity contribution in [3.8, 4) is 0 Å². The Bertz CT molecular complexity index is 1440. The molecule has 3 rings (SSSR count). The second-order valence-electron chi connectivity index (χ2n) is 9.06. The Morgan fingerprint density at radius 1 is 1.15 bits per heavy atom. The van der Waals surface area contributed by atoms with E-state index in [0.29, 0.717) is 35.7 Å². The van der Waals surface area contributed by atoms with Crippen LogP contribution in [0.3, 0.4) is 0 Å². The summed E-state index contributed by atoms with van der Waals surface area (Å²) in [6, 6.07) is 8.60. The number of benzene rings is 2. The van der Waals surface area contributed by atoms with Crippen LogP contribution < -0.4 is 22.1 Å². The highest BCUT2D eigenvalue weighted by molar-refractivity contribution is 6.31. The summed E-state index contributed by atoms with van der Waals surface area (Å²) in [7, 11) is 1.57. The molecule has 2 aromatic carbocycles. The smallest absolute Gasteiger partial charge is 0.412 e. The number of primary amides is 1. The molecule has 0 spiro atoms. The molecule has 4 amide bonds. The molecule has 0 bridgehead atoms. The summed E-state index contributed by atoms with van der Waals surface area (Å²) in [5.74, 6) is -1.26. The number of nitrogens with two attached hydrogens (primary N) is 2. The summed E-state index contributed by atoms with van der Waals surface area (Å²) < 4.78 is 32.7. The highest BCUT2D eigenvalue weighted by Gasteiger charge is 2.22. The predicted octanol–water partition coefficient (Wildman–Crippen LogP) is 3.94. The first-order valence-electron chi connectivity index (χ1n) is 12.6. The number of aryl methyl sites for hydroxylation is 1. The molecule has 0 saturated carbocycles. The van der Waals surface area contributed by atoms with E-state index in [2.05, 4.69) is 20.6 Å². The third-order valence-electron chi connectivity index (χ3n) is 6.15. The third kappa shape index (κ3) is 9.57. The van der Waals surface area contributed by atoms with Gasteiger partial charge in [-0.1, -0.05) is 23.7 Å². The van der Waals surface area contributed by atoms with Crippen molar-refractivity contribution < 1.29 is 27.9 Å². The van der Waals surface area contributed by atoms with Crippen molar-refractivity contribution in [3.63, 3.8) is 0 Å². The molecule has 0 saturated heterocycles. The molecule has 1 heterocycles. The number of guanidine groups is 1. The van der Waals surface area contributed by atoms with Gasteiger partial charge in [0.25, 0.3) is 0 Å². The van der Waals surface area contributed by atoms with Gasteiger partial charge in [-0.05, 0) is 60.5 Å². The van der Waals surface area contributed by atoms with Crippen LogP contribution in [0.4, 0.5) is 24.2 Å². The van der Waals surface area contributed by atoms with Crippen molar-refractivity contribution in [1.29, 1.82) is 0 Å². The van der Waals surface area contributed by atoms with E-state index in [4.69, 9.17) is 27.8 Å². The molecule has 0 aliphatic rings. The lowest BCUT2D eigenvalue weighted by Crippen LogP contribution is -2.42. The second kappa shape index (κ2) is 14.7. The molecule has 3 aromatic rings. The Morgan fingerprint density at radius 2 is 1.93 bits per heavy atom. The Balaban J connectivity index is 1.61. The van der Waals surface area contributed by atoms with Gasteiger partial charge >= 0.3 is 12.1 Å². The number of aliphatic imine (C=N–C) groups is 1. The maximum atomic E-state index is 13.8. The van der Waals surface area contributed by atoms with Gasteiger partial charge in [0.1, 0.15) is 24.1 Å². The van der Waals surface area contributed by atoms with Crippen molar-refractivity contribution in [2.75, 3.05) is 25.5 Å². The first kappa shape index (κ1) is 31.0. The van der Waals surface area contributed by atoms with Gasteiger partial charge < -0.3 is 26.4 Å². The summed E-state index contributed by atoms with van der Waals surface area (Å²) in [6.07, 6.45) is 1.75. The van der Waals surface area contributed by atoms with Crippen molar-refractivity contribution in [2.45, 2.75) is 31.7 Å². The SMILES string of the molecule is CN(C(=O)CCc1cccc(F)c1Cl)[C@H](CCCN/C(N)=N\C(N)=O)COC(=O)Nc1cc2cc(F)ccc2cn1. The first-order valence-corrected chi connectivity index (χ1v) is 13.0. The lowest BCUT2D eigenvalue weighted by atomic mass is 10.1. The van der Waals surface area contributed by atoms with Crippen LogP contribution in [0.25, 0.3) is 10.8 Å². The van der Waals surface area contributed by atoms with Gasteiger partial charge in [0.2, 0.25) is 5.91 Å². The van der Waals surface area contributed by atoms with Crippen molar-refractivity contribution in [3.05, 3.63) is 70.9 Å². The fraction of sp³-hybridized carbons (Fsp3) is 0.296. The van der Waals surface area contributed by atoms with Crippen LogP contribution in [0.15, 0.2) is 53.7 Å². The fourth-order valence-corrected chi connectivity index (χ4v) is 4.18. The van der Waals surface area contributed by atoms with E-state index in [9.17, 15) is 23.2 Å². The van der Waals surface area contributed by atoms with Crippen molar-refractivity contribution >= 4 is 52.2 Å². The van der Waals surface area contributed by atoms with Crippen LogP contribution in [-0.2, 0) is 16.0 Å². The highest BCUT2D eigenvalue weighted by Crippen LogP contribution is 2.22. The van der Waals surface area contributed by atoms with Gasteiger partial charge in [0.15, 0.2) is 5.96 Å². The Kier molecular flexibility index (Phi) is 11.2. The number of hydrogen-bond donors (Lipinski definition) is 4. The van der Waals surface area contributed by atoms with Gasteiger partial charge in [-0.25, -0.2) is 23.4 Å². The van der Waals surface area contributed by atoms with E-state index in [1.54, 1.807) is 19.2 Å². The standard InChI is InChI=1S/C27H30ClF2N7O4/c1-37(23(38)10-8-16-4-2-6-21(30)24(16)28)20(5-3-11-33-25(31)36-26(32)39)15-41-27(40)35-22-13-18-12-19(29)9-7-17(18)14-34-22/h2,4,6-7,9,12-14,20H,3,5,8,10-11,15H2,1H3,(H,34,35,40)(H5,31,32,33,36,39)/t20-/m1/s1. The molecule has 0 fully saturated rings. The van der Waals surface area contributed by atoms with Crippen LogP contribution in [-0.4, -0.2) is 60.1 Å². The monoisotopic (exact) mass is 589 g/mol. The summed E-state index contributed by atoms with van der Waals surface area (Å²) in [5, 5.41) is 6.43. The van der Waals surface area contributed by atoms with E-state index in [-0.39, 0.29) is 42.2 Å². The number of nitrogens with one attached hydrogen (secondary N) is 2. The van der Waals surface area contributed by atoms with E-state index >= 15 is 0 Å². The predicted molar refractivity (Wildman–Crippen MR) is 151 cm³/mol. The zero-order valence-corrected chi connectivity index (χ0v) is 23.0. The molecular weight excluding hydrogens is 560 g/mol. The number of fused-ring (bicyclic) bond motifs is 1. The van der Waals surface area contributed by atoms with Crippen LogP contribution in [0.2, 0.25) is 5.02 Å². The van der Waals surface area contributed by atoms with Crippen LogP contribution in [0.1, 0.15) is 24.8 Å². The quantitative estimate of drug-likeness (QED) is 0.149. The molecule has 0 aliphatic carbocycles. The fourth-order valence-electron chi connectivity index (χ4n) is 3.96. The third-order valence-corrected chi connectivity index (χ3v) is 6.58. The number of rotatable bonds is 11. The molecular formula is C27H30ClF2N7O4. The number of likely N-dealkylation sites (N-methyl/N-ethyl adjacent to an activating group) is 1. The Labute approximate surface area is 239 Å². The zero-order chi connectivity index (χ0) is 29.9. The summed E-state index contributed by atoms with van der Waals surface area (Å²) in [4.78, 5) is 45.3. The molecule has 0 radical (unpaired) electrons. The normalized spacial score (nSPS) is 12.0. The average molecular weight is 590 g/mol. The van der Waals surface area contributed by atoms with Gasteiger partial charge in [-0.2, -0.15) is 4.99 Å². The lowest BCUT2D eigenvalue weighted by Gasteiger charge is -2.28.